The van der Waals surface area contributed by atoms with Gasteiger partial charge in [-0.15, -0.1) is 11.8 Å². The van der Waals surface area contributed by atoms with Gasteiger partial charge in [-0.25, -0.2) is 0 Å². The van der Waals surface area contributed by atoms with Crippen LogP contribution in [0.15, 0.2) is 153 Å². The molecule has 0 radical (unpaired) electrons. The van der Waals surface area contributed by atoms with Crippen molar-refractivity contribution in [3.05, 3.63) is 140 Å². The Morgan fingerprint density at radius 3 is 2.04 bits per heavy atom. The minimum absolute atomic E-state index is 0.212. The zero-order valence-electron chi connectivity index (χ0n) is 26.8. The SMILES string of the molecule is CC(C)Sc1ccccc1N(c1ccc2c(c1)oc1cc3cc4oc5cc(Nc6ccccc6)ccc5c4cc3cc12)C1C=CC=CC1. The summed E-state index contributed by atoms with van der Waals surface area (Å²) in [6.45, 7) is 4.50. The second-order valence-electron chi connectivity index (χ2n) is 12.8. The molecule has 1 aliphatic carbocycles. The monoisotopic (exact) mass is 642 g/mol. The van der Waals surface area contributed by atoms with Crippen molar-refractivity contribution in [1.29, 1.82) is 0 Å². The van der Waals surface area contributed by atoms with E-state index in [1.807, 2.05) is 30.0 Å². The molecular weight excluding hydrogens is 609 g/mol. The van der Waals surface area contributed by atoms with E-state index in [9.17, 15) is 0 Å². The number of furan rings is 2. The molecule has 0 spiro atoms. The highest BCUT2D eigenvalue weighted by molar-refractivity contribution is 8.00. The number of fused-ring (bicyclic) bond motifs is 7. The topological polar surface area (TPSA) is 41.6 Å². The lowest BCUT2D eigenvalue weighted by Gasteiger charge is -2.34. The largest absolute Gasteiger partial charge is 0.456 e. The molecule has 0 saturated carbocycles. The summed E-state index contributed by atoms with van der Waals surface area (Å²) in [6.07, 6.45) is 9.79. The summed E-state index contributed by atoms with van der Waals surface area (Å²) < 4.78 is 13.0. The number of hydrogen-bond acceptors (Lipinski definition) is 5. The predicted octanol–water partition coefficient (Wildman–Crippen LogP) is 12.9. The first-order chi connectivity index (χ1) is 23.6. The molecule has 48 heavy (non-hydrogen) atoms. The van der Waals surface area contributed by atoms with Crippen LogP contribution in [0.3, 0.4) is 0 Å². The van der Waals surface area contributed by atoms with Crippen LogP contribution in [0.1, 0.15) is 20.3 Å². The fourth-order valence-electron chi connectivity index (χ4n) is 6.98. The van der Waals surface area contributed by atoms with E-state index in [4.69, 9.17) is 8.83 Å². The van der Waals surface area contributed by atoms with Gasteiger partial charge in [-0.05, 0) is 90.0 Å². The minimum Gasteiger partial charge on any atom is -0.456 e. The van der Waals surface area contributed by atoms with E-state index in [0.717, 1.165) is 78.1 Å². The van der Waals surface area contributed by atoms with Crippen molar-refractivity contribution < 1.29 is 8.83 Å². The maximum atomic E-state index is 6.61. The van der Waals surface area contributed by atoms with Gasteiger partial charge in [0, 0.05) is 60.9 Å². The second kappa shape index (κ2) is 11.7. The number of nitrogens with one attached hydrogen (secondary N) is 1. The van der Waals surface area contributed by atoms with Crippen LogP contribution in [0.5, 0.6) is 0 Å². The summed E-state index contributed by atoms with van der Waals surface area (Å²) in [7, 11) is 0. The van der Waals surface area contributed by atoms with E-state index in [0.29, 0.717) is 5.25 Å². The number of benzene rings is 6. The highest BCUT2D eigenvalue weighted by atomic mass is 32.2. The number of nitrogens with zero attached hydrogens (tertiary/aromatic N) is 1. The Labute approximate surface area is 283 Å². The number of rotatable bonds is 7. The summed E-state index contributed by atoms with van der Waals surface area (Å²) in [5.74, 6) is 0. The Kier molecular flexibility index (Phi) is 7.02. The molecule has 9 rings (SSSR count). The molecule has 2 aromatic heterocycles. The number of allylic oxidation sites excluding steroid dienone is 2. The Morgan fingerprint density at radius 2 is 1.31 bits per heavy atom. The van der Waals surface area contributed by atoms with E-state index in [-0.39, 0.29) is 6.04 Å². The van der Waals surface area contributed by atoms with Gasteiger partial charge >= 0.3 is 0 Å². The molecule has 0 fully saturated rings. The molecule has 1 atom stereocenters. The molecule has 0 amide bonds. The smallest absolute Gasteiger partial charge is 0.137 e. The Balaban J connectivity index is 1.13. The molecule has 8 aromatic rings. The lowest BCUT2D eigenvalue weighted by Crippen LogP contribution is -2.30. The van der Waals surface area contributed by atoms with Gasteiger partial charge < -0.3 is 19.1 Å². The lowest BCUT2D eigenvalue weighted by atomic mass is 10.0. The van der Waals surface area contributed by atoms with Gasteiger partial charge in [0.2, 0.25) is 0 Å². The van der Waals surface area contributed by atoms with Gasteiger partial charge in [-0.1, -0.05) is 68.5 Å². The third-order valence-corrected chi connectivity index (χ3v) is 10.2. The van der Waals surface area contributed by atoms with Crippen molar-refractivity contribution in [2.24, 2.45) is 0 Å². The molecule has 0 bridgehead atoms. The zero-order chi connectivity index (χ0) is 32.2. The van der Waals surface area contributed by atoms with Gasteiger partial charge in [-0.2, -0.15) is 0 Å². The first kappa shape index (κ1) is 28.8. The van der Waals surface area contributed by atoms with Gasteiger partial charge in [0.25, 0.3) is 0 Å². The fraction of sp³-hybridized carbons (Fsp3) is 0.116. The molecule has 1 N–H and O–H groups in total. The van der Waals surface area contributed by atoms with E-state index in [1.54, 1.807) is 0 Å². The summed E-state index contributed by atoms with van der Waals surface area (Å²) in [5.41, 5.74) is 7.89. The average Bonchev–Trinajstić information content (AvgIpc) is 3.64. The highest BCUT2D eigenvalue weighted by Gasteiger charge is 2.23. The van der Waals surface area contributed by atoms with Crippen LogP contribution in [0.4, 0.5) is 22.7 Å². The minimum atomic E-state index is 0.212. The van der Waals surface area contributed by atoms with Gasteiger partial charge in [-0.3, -0.25) is 0 Å². The van der Waals surface area contributed by atoms with Crippen LogP contribution in [-0.2, 0) is 0 Å². The zero-order valence-corrected chi connectivity index (χ0v) is 27.6. The van der Waals surface area contributed by atoms with Crippen molar-refractivity contribution in [2.75, 3.05) is 10.2 Å². The molecule has 1 aliphatic rings. The molecule has 234 valence electrons. The van der Waals surface area contributed by atoms with Crippen molar-refractivity contribution >= 4 is 89.2 Å². The fourth-order valence-corrected chi connectivity index (χ4v) is 7.93. The first-order valence-electron chi connectivity index (χ1n) is 16.5. The average molecular weight is 643 g/mol. The highest BCUT2D eigenvalue weighted by Crippen LogP contribution is 2.42. The Bertz CT molecular complexity index is 2540. The summed E-state index contributed by atoms with van der Waals surface area (Å²) in [6, 6.07) is 41.0. The summed E-state index contributed by atoms with van der Waals surface area (Å²) in [4.78, 5) is 3.75. The van der Waals surface area contributed by atoms with Crippen LogP contribution in [-0.4, -0.2) is 11.3 Å². The van der Waals surface area contributed by atoms with Gasteiger partial charge in [0.05, 0.1) is 11.7 Å². The van der Waals surface area contributed by atoms with E-state index in [1.165, 1.54) is 10.6 Å². The molecule has 6 aromatic carbocycles. The molecular formula is C43H34N2O2S. The molecule has 0 saturated heterocycles. The van der Waals surface area contributed by atoms with E-state index >= 15 is 0 Å². The van der Waals surface area contributed by atoms with Crippen molar-refractivity contribution in [3.8, 4) is 0 Å². The molecule has 2 heterocycles. The van der Waals surface area contributed by atoms with Gasteiger partial charge in [0.1, 0.15) is 22.3 Å². The van der Waals surface area contributed by atoms with E-state index in [2.05, 4.69) is 145 Å². The number of anilines is 4. The molecule has 1 unspecified atom stereocenters. The second-order valence-corrected chi connectivity index (χ2v) is 14.4. The number of para-hydroxylation sites is 2. The van der Waals surface area contributed by atoms with Crippen molar-refractivity contribution in [2.45, 2.75) is 36.5 Å². The predicted molar refractivity (Wildman–Crippen MR) is 204 cm³/mol. The van der Waals surface area contributed by atoms with Crippen molar-refractivity contribution in [3.63, 3.8) is 0 Å². The normalized spacial score (nSPS) is 14.7. The van der Waals surface area contributed by atoms with Crippen LogP contribution in [0.2, 0.25) is 0 Å². The quantitative estimate of drug-likeness (QED) is 0.175. The van der Waals surface area contributed by atoms with Gasteiger partial charge in [0.15, 0.2) is 0 Å². The maximum Gasteiger partial charge on any atom is 0.137 e. The molecule has 5 heteroatoms. The van der Waals surface area contributed by atoms with Crippen molar-refractivity contribution in [1.82, 2.24) is 0 Å². The van der Waals surface area contributed by atoms with Crippen LogP contribution >= 0.6 is 11.8 Å². The Morgan fingerprint density at radius 1 is 0.646 bits per heavy atom. The molecule has 0 aliphatic heterocycles. The van der Waals surface area contributed by atoms with Crippen LogP contribution in [0, 0.1) is 0 Å². The summed E-state index contributed by atoms with van der Waals surface area (Å²) >= 11 is 1.91. The van der Waals surface area contributed by atoms with E-state index < -0.39 is 0 Å². The van der Waals surface area contributed by atoms with Crippen LogP contribution in [0.25, 0.3) is 54.6 Å². The summed E-state index contributed by atoms with van der Waals surface area (Å²) in [5, 5.41) is 10.7. The standard InChI is InChI=1S/C43H34N2O2S/c1-27(2)48-43-16-10-9-15-38(43)45(32-13-7-4-8-14-32)33-18-20-35-37-22-28-21-36-34-19-17-31(44-30-11-5-3-6-12-30)25-41(34)46-39(36)23-29(28)24-40(37)47-42(35)26-33/h3-13,15-27,32,44H,14H2,1-2H3. The molecule has 4 nitrogen and oxygen atoms in total. The lowest BCUT2D eigenvalue weighted by molar-refractivity contribution is 0.668. The third kappa shape index (κ3) is 5.11. The third-order valence-electron chi connectivity index (χ3n) is 9.12. The number of hydrogen-bond donors (Lipinski definition) is 1. The van der Waals surface area contributed by atoms with Crippen LogP contribution < -0.4 is 10.2 Å². The number of thioether (sulfide) groups is 1. The maximum absolute atomic E-state index is 6.61. The Hall–Kier alpha value is -5.39. The first-order valence-corrected chi connectivity index (χ1v) is 17.4.